The summed E-state index contributed by atoms with van der Waals surface area (Å²) >= 11 is 11.9. The average Bonchev–Trinajstić information content (AvgIpc) is 2.68. The number of anilines is 1. The molecule has 0 fully saturated rings. The number of sulfone groups is 1. The highest BCUT2D eigenvalue weighted by molar-refractivity contribution is 7.91. The first-order chi connectivity index (χ1) is 13.6. The van der Waals surface area contributed by atoms with Crippen LogP contribution in [0.5, 0.6) is 11.5 Å². The van der Waals surface area contributed by atoms with Gasteiger partial charge in [-0.25, -0.2) is 8.42 Å². The number of carbonyl (C=O) groups is 1. The Morgan fingerprint density at radius 1 is 0.931 bits per heavy atom. The summed E-state index contributed by atoms with van der Waals surface area (Å²) in [4.78, 5) is 12.5. The lowest BCUT2D eigenvalue weighted by Crippen LogP contribution is -2.13. The Balaban J connectivity index is 1.97. The molecule has 0 radical (unpaired) electrons. The number of nitrogens with one attached hydrogen (secondary N) is 1. The van der Waals surface area contributed by atoms with Crippen LogP contribution in [0.4, 0.5) is 5.69 Å². The molecule has 0 saturated carbocycles. The second-order valence-electron chi connectivity index (χ2n) is 6.16. The smallest absolute Gasteiger partial charge is 0.259 e. The fourth-order valence-electron chi connectivity index (χ4n) is 2.58. The molecule has 0 atom stereocenters. The van der Waals surface area contributed by atoms with Crippen molar-refractivity contribution < 1.29 is 23.4 Å². The number of amides is 1. The largest absolute Gasteiger partial charge is 0.508 e. The van der Waals surface area contributed by atoms with E-state index in [1.54, 1.807) is 0 Å². The van der Waals surface area contributed by atoms with Crippen LogP contribution in [-0.4, -0.2) is 24.5 Å². The second-order valence-corrected chi connectivity index (χ2v) is 8.95. The fourth-order valence-corrected chi connectivity index (χ4v) is 4.16. The molecule has 6 nitrogen and oxygen atoms in total. The molecule has 3 aromatic carbocycles. The molecular formula is C20H15Cl2NO5S. The third-order valence-corrected chi connectivity index (χ3v) is 6.62. The first-order valence-corrected chi connectivity index (χ1v) is 10.5. The van der Waals surface area contributed by atoms with E-state index in [1.807, 2.05) is 0 Å². The number of aromatic hydroxyl groups is 2. The highest BCUT2D eigenvalue weighted by Gasteiger charge is 2.21. The van der Waals surface area contributed by atoms with Crippen LogP contribution in [0.15, 0.2) is 64.4 Å². The van der Waals surface area contributed by atoms with Crippen molar-refractivity contribution in [2.75, 3.05) is 5.32 Å². The quantitative estimate of drug-likeness (QED) is 0.528. The van der Waals surface area contributed by atoms with Crippen LogP contribution in [-0.2, 0) is 9.84 Å². The van der Waals surface area contributed by atoms with Crippen LogP contribution in [0.25, 0.3) is 0 Å². The summed E-state index contributed by atoms with van der Waals surface area (Å²) in [6.45, 7) is 1.45. The van der Waals surface area contributed by atoms with Crippen molar-refractivity contribution in [1.82, 2.24) is 0 Å². The van der Waals surface area contributed by atoms with Gasteiger partial charge in [-0.2, -0.15) is 0 Å². The summed E-state index contributed by atoms with van der Waals surface area (Å²) in [6, 6.07) is 12.1. The van der Waals surface area contributed by atoms with Gasteiger partial charge >= 0.3 is 0 Å². The van der Waals surface area contributed by atoms with Crippen molar-refractivity contribution >= 4 is 44.6 Å². The predicted octanol–water partition coefficient (Wildman–Crippen LogP) is 4.80. The van der Waals surface area contributed by atoms with Crippen LogP contribution in [0.1, 0.15) is 15.9 Å². The van der Waals surface area contributed by atoms with E-state index in [1.165, 1.54) is 61.5 Å². The summed E-state index contributed by atoms with van der Waals surface area (Å²) in [6.07, 6.45) is 0. The lowest BCUT2D eigenvalue weighted by atomic mass is 10.1. The van der Waals surface area contributed by atoms with Crippen molar-refractivity contribution in [3.05, 3.63) is 75.8 Å². The summed E-state index contributed by atoms with van der Waals surface area (Å²) in [5.41, 5.74) is 0.0991. The molecule has 0 heterocycles. The molecule has 0 aromatic heterocycles. The minimum Gasteiger partial charge on any atom is -0.508 e. The number of hydrogen-bond donors (Lipinski definition) is 3. The Morgan fingerprint density at radius 3 is 2.21 bits per heavy atom. The molecule has 1 amide bonds. The molecule has 0 bridgehead atoms. The SMILES string of the molecule is Cc1c(O)ccc(C(=O)Nc2cc(S(=O)(=O)c3ccc(Cl)cc3)ccc2Cl)c1O. The third kappa shape index (κ3) is 4.17. The van der Waals surface area contributed by atoms with Gasteiger partial charge in [0.1, 0.15) is 11.5 Å². The summed E-state index contributed by atoms with van der Waals surface area (Å²) in [7, 11) is -3.87. The molecule has 0 spiro atoms. The zero-order valence-corrected chi connectivity index (χ0v) is 17.3. The topological polar surface area (TPSA) is 104 Å². The zero-order chi connectivity index (χ0) is 21.3. The van der Waals surface area contributed by atoms with Crippen molar-refractivity contribution in [2.45, 2.75) is 16.7 Å². The van der Waals surface area contributed by atoms with E-state index in [2.05, 4.69) is 5.32 Å². The lowest BCUT2D eigenvalue weighted by Gasteiger charge is -2.12. The number of benzene rings is 3. The van der Waals surface area contributed by atoms with E-state index >= 15 is 0 Å². The molecule has 9 heteroatoms. The van der Waals surface area contributed by atoms with Crippen LogP contribution < -0.4 is 5.32 Å². The van der Waals surface area contributed by atoms with Gasteiger partial charge < -0.3 is 15.5 Å². The molecule has 0 unspecified atom stereocenters. The molecule has 3 N–H and O–H groups in total. The van der Waals surface area contributed by atoms with Gasteiger partial charge in [0.15, 0.2) is 0 Å². The van der Waals surface area contributed by atoms with Crippen LogP contribution in [0, 0.1) is 6.92 Å². The molecule has 3 rings (SSSR count). The maximum atomic E-state index is 12.8. The van der Waals surface area contributed by atoms with Crippen LogP contribution in [0.2, 0.25) is 10.0 Å². The Bertz CT molecular complexity index is 1210. The van der Waals surface area contributed by atoms with Crippen LogP contribution >= 0.6 is 23.2 Å². The van der Waals surface area contributed by atoms with Gasteiger partial charge in [0, 0.05) is 10.6 Å². The van der Waals surface area contributed by atoms with Gasteiger partial charge in [0.2, 0.25) is 9.84 Å². The lowest BCUT2D eigenvalue weighted by molar-refractivity contribution is 0.102. The van der Waals surface area contributed by atoms with Crippen molar-refractivity contribution in [3.8, 4) is 11.5 Å². The fraction of sp³-hybridized carbons (Fsp3) is 0.0500. The van der Waals surface area contributed by atoms with Crippen molar-refractivity contribution in [3.63, 3.8) is 0 Å². The predicted molar refractivity (Wildman–Crippen MR) is 111 cm³/mol. The van der Waals surface area contributed by atoms with E-state index in [0.717, 1.165) is 0 Å². The number of hydrogen-bond acceptors (Lipinski definition) is 5. The zero-order valence-electron chi connectivity index (χ0n) is 15.0. The van der Waals surface area contributed by atoms with E-state index in [0.29, 0.717) is 5.02 Å². The number of phenolic OH excluding ortho intramolecular Hbond substituents is 2. The molecule has 3 aromatic rings. The summed E-state index contributed by atoms with van der Waals surface area (Å²) in [5.74, 6) is -1.26. The molecule has 0 aliphatic heterocycles. The first kappa shape index (κ1) is 21.0. The molecular weight excluding hydrogens is 437 g/mol. The second kappa shape index (κ2) is 7.94. The molecule has 0 aliphatic rings. The Hall–Kier alpha value is -2.74. The maximum absolute atomic E-state index is 12.8. The van der Waals surface area contributed by atoms with Gasteiger partial charge in [0.05, 0.1) is 26.1 Å². The number of carbonyl (C=O) groups excluding carboxylic acids is 1. The van der Waals surface area contributed by atoms with Gasteiger partial charge in [0.25, 0.3) is 5.91 Å². The minimum atomic E-state index is -3.87. The van der Waals surface area contributed by atoms with Gasteiger partial charge in [-0.1, -0.05) is 23.2 Å². The number of rotatable bonds is 4. The highest BCUT2D eigenvalue weighted by atomic mass is 35.5. The normalized spacial score (nSPS) is 11.3. The van der Waals surface area contributed by atoms with Gasteiger partial charge in [-0.3, -0.25) is 4.79 Å². The summed E-state index contributed by atoms with van der Waals surface area (Å²) in [5, 5.41) is 22.7. The van der Waals surface area contributed by atoms with Crippen LogP contribution in [0.3, 0.4) is 0 Å². The molecule has 0 saturated heterocycles. The molecule has 0 aliphatic carbocycles. The molecule has 29 heavy (non-hydrogen) atoms. The van der Waals surface area contributed by atoms with Crippen molar-refractivity contribution in [2.24, 2.45) is 0 Å². The standard InChI is InChI=1S/C20H15Cl2NO5S/c1-11-18(24)9-7-15(19(11)25)20(26)23-17-10-14(6-8-16(17)22)29(27,28)13-4-2-12(21)3-5-13/h2-10,24-25H,1H3,(H,23,26). The monoisotopic (exact) mass is 451 g/mol. The average molecular weight is 452 g/mol. The van der Waals surface area contributed by atoms with Gasteiger partial charge in [-0.05, 0) is 61.5 Å². The first-order valence-electron chi connectivity index (χ1n) is 8.24. The Morgan fingerprint density at radius 2 is 1.55 bits per heavy atom. The van der Waals surface area contributed by atoms with E-state index in [9.17, 15) is 23.4 Å². The van der Waals surface area contributed by atoms with E-state index in [4.69, 9.17) is 23.2 Å². The highest BCUT2D eigenvalue weighted by Crippen LogP contribution is 2.32. The number of halogens is 2. The van der Waals surface area contributed by atoms with Gasteiger partial charge in [-0.15, -0.1) is 0 Å². The Labute approximate surface area is 177 Å². The van der Waals surface area contributed by atoms with E-state index in [-0.39, 0.29) is 43.1 Å². The van der Waals surface area contributed by atoms with Crippen molar-refractivity contribution in [1.29, 1.82) is 0 Å². The maximum Gasteiger partial charge on any atom is 0.259 e. The Kier molecular flexibility index (Phi) is 5.75. The third-order valence-electron chi connectivity index (χ3n) is 4.27. The molecule has 150 valence electrons. The number of phenols is 2. The van der Waals surface area contributed by atoms with E-state index < -0.39 is 15.7 Å². The minimum absolute atomic E-state index is 0.0355. The summed E-state index contributed by atoms with van der Waals surface area (Å²) < 4.78 is 25.7.